The van der Waals surface area contributed by atoms with Gasteiger partial charge in [-0.2, -0.15) is 0 Å². The lowest BCUT2D eigenvalue weighted by Gasteiger charge is -2.31. The maximum Gasteiger partial charge on any atom is 0.121 e. The van der Waals surface area contributed by atoms with Gasteiger partial charge in [-0.05, 0) is 35.7 Å². The molecule has 1 fully saturated rings. The van der Waals surface area contributed by atoms with E-state index in [2.05, 4.69) is 55.9 Å². The van der Waals surface area contributed by atoms with Crippen LogP contribution in [-0.4, -0.2) is 44.4 Å². The second-order valence-corrected chi connectivity index (χ2v) is 7.56. The van der Waals surface area contributed by atoms with E-state index in [9.17, 15) is 0 Å². The summed E-state index contributed by atoms with van der Waals surface area (Å²) in [4.78, 5) is 8.02. The van der Waals surface area contributed by atoms with Gasteiger partial charge in [0, 0.05) is 42.5 Å². The topological polar surface area (TPSA) is 55.5 Å². The number of fused-ring (bicyclic) bond motifs is 1. The van der Waals surface area contributed by atoms with Crippen molar-refractivity contribution in [2.75, 3.05) is 19.7 Å². The Morgan fingerprint density at radius 1 is 1.15 bits per heavy atom. The van der Waals surface area contributed by atoms with Crippen molar-refractivity contribution in [3.8, 4) is 10.4 Å². The Hall–Kier alpha value is -2.61. The molecule has 0 amide bonds. The number of nitrogens with zero attached hydrogens (tertiary/aromatic N) is 5. The average molecular weight is 377 g/mol. The Labute approximate surface area is 161 Å². The predicted octanol–water partition coefficient (Wildman–Crippen LogP) is 3.43. The van der Waals surface area contributed by atoms with E-state index < -0.39 is 0 Å². The van der Waals surface area contributed by atoms with Crippen LogP contribution in [0.3, 0.4) is 0 Å². The number of ether oxygens (including phenoxy) is 1. The zero-order valence-electron chi connectivity index (χ0n) is 14.7. The largest absolute Gasteiger partial charge is 0.369 e. The third kappa shape index (κ3) is 3.37. The van der Waals surface area contributed by atoms with Crippen molar-refractivity contribution >= 4 is 16.9 Å². The Morgan fingerprint density at radius 3 is 3.00 bits per heavy atom. The second kappa shape index (κ2) is 7.19. The second-order valence-electron chi connectivity index (χ2n) is 6.62. The summed E-state index contributed by atoms with van der Waals surface area (Å²) in [7, 11) is 0. The molecule has 27 heavy (non-hydrogen) atoms. The number of aromatic nitrogens is 4. The van der Waals surface area contributed by atoms with Gasteiger partial charge in [0.05, 0.1) is 17.8 Å². The number of hydrogen-bond acceptors (Lipinski definition) is 6. The quantitative estimate of drug-likeness (QED) is 0.545. The molecular formula is C20H19N5OS. The van der Waals surface area contributed by atoms with Gasteiger partial charge in [0.25, 0.3) is 0 Å². The molecule has 5 rings (SSSR count). The lowest BCUT2D eigenvalue weighted by atomic mass is 10.1. The highest BCUT2D eigenvalue weighted by Crippen LogP contribution is 2.28. The normalized spacial score (nSPS) is 18.1. The minimum atomic E-state index is -0.0763. The van der Waals surface area contributed by atoms with E-state index in [0.717, 1.165) is 42.1 Å². The van der Waals surface area contributed by atoms with Crippen molar-refractivity contribution in [3.05, 3.63) is 71.6 Å². The van der Waals surface area contributed by atoms with Crippen molar-refractivity contribution in [2.24, 2.45) is 0 Å². The summed E-state index contributed by atoms with van der Waals surface area (Å²) >= 11 is 1.72. The van der Waals surface area contributed by atoms with E-state index in [0.29, 0.717) is 6.61 Å². The lowest BCUT2D eigenvalue weighted by molar-refractivity contribution is -0.0346. The summed E-state index contributed by atoms with van der Waals surface area (Å²) in [6.07, 6.45) is 3.80. The van der Waals surface area contributed by atoms with Crippen LogP contribution in [0.5, 0.6) is 0 Å². The van der Waals surface area contributed by atoms with Crippen LogP contribution in [0.2, 0.25) is 0 Å². The van der Waals surface area contributed by atoms with Crippen LogP contribution in [0.25, 0.3) is 16.0 Å². The first-order valence-electron chi connectivity index (χ1n) is 8.99. The van der Waals surface area contributed by atoms with Gasteiger partial charge in [-0.3, -0.25) is 9.88 Å². The van der Waals surface area contributed by atoms with Crippen LogP contribution in [0.15, 0.2) is 60.2 Å². The van der Waals surface area contributed by atoms with Gasteiger partial charge in [0.15, 0.2) is 0 Å². The third-order valence-corrected chi connectivity index (χ3v) is 5.73. The van der Waals surface area contributed by atoms with Gasteiger partial charge >= 0.3 is 0 Å². The van der Waals surface area contributed by atoms with Gasteiger partial charge in [-0.15, -0.1) is 16.4 Å². The van der Waals surface area contributed by atoms with Crippen LogP contribution in [0, 0.1) is 0 Å². The highest BCUT2D eigenvalue weighted by molar-refractivity contribution is 7.13. The fourth-order valence-electron chi connectivity index (χ4n) is 3.46. The molecule has 0 saturated carbocycles. The molecular weight excluding hydrogens is 358 g/mol. The van der Waals surface area contributed by atoms with E-state index in [1.54, 1.807) is 11.3 Å². The monoisotopic (exact) mass is 377 g/mol. The molecule has 6 nitrogen and oxygen atoms in total. The molecule has 7 heteroatoms. The van der Waals surface area contributed by atoms with E-state index in [1.807, 2.05) is 29.0 Å². The highest BCUT2D eigenvalue weighted by atomic mass is 32.1. The Balaban J connectivity index is 1.38. The molecule has 4 aromatic heterocycles. The molecule has 0 radical (unpaired) electrons. The minimum absolute atomic E-state index is 0.0763. The Kier molecular flexibility index (Phi) is 4.41. The van der Waals surface area contributed by atoms with Crippen molar-refractivity contribution < 1.29 is 4.74 Å². The summed E-state index contributed by atoms with van der Waals surface area (Å²) < 4.78 is 7.88. The molecule has 0 spiro atoms. The summed E-state index contributed by atoms with van der Waals surface area (Å²) in [5.41, 5.74) is 4.13. The minimum Gasteiger partial charge on any atom is -0.369 e. The van der Waals surface area contributed by atoms with E-state index in [4.69, 9.17) is 4.74 Å². The van der Waals surface area contributed by atoms with Gasteiger partial charge in [0.2, 0.25) is 0 Å². The maximum atomic E-state index is 6.03. The number of morpholine rings is 1. The first-order chi connectivity index (χ1) is 13.4. The smallest absolute Gasteiger partial charge is 0.121 e. The molecule has 0 unspecified atom stereocenters. The molecule has 0 aromatic carbocycles. The first-order valence-corrected chi connectivity index (χ1v) is 9.87. The summed E-state index contributed by atoms with van der Waals surface area (Å²) in [5, 5.41) is 10.8. The lowest BCUT2D eigenvalue weighted by Crippen LogP contribution is -2.38. The molecule has 1 aliphatic heterocycles. The molecule has 0 bridgehead atoms. The highest BCUT2D eigenvalue weighted by Gasteiger charge is 2.26. The Bertz CT molecular complexity index is 1030. The van der Waals surface area contributed by atoms with Crippen molar-refractivity contribution in [1.29, 1.82) is 0 Å². The van der Waals surface area contributed by atoms with Crippen LogP contribution in [-0.2, 0) is 11.3 Å². The molecule has 0 N–H and O–H groups in total. The van der Waals surface area contributed by atoms with Crippen LogP contribution >= 0.6 is 11.3 Å². The van der Waals surface area contributed by atoms with Gasteiger partial charge in [0.1, 0.15) is 11.8 Å². The van der Waals surface area contributed by atoms with Crippen molar-refractivity contribution in [3.63, 3.8) is 0 Å². The van der Waals surface area contributed by atoms with E-state index in [-0.39, 0.29) is 6.10 Å². The summed E-state index contributed by atoms with van der Waals surface area (Å²) in [6, 6.07) is 14.4. The van der Waals surface area contributed by atoms with E-state index >= 15 is 0 Å². The van der Waals surface area contributed by atoms with Crippen LogP contribution < -0.4 is 0 Å². The maximum absolute atomic E-state index is 6.03. The third-order valence-electron chi connectivity index (χ3n) is 4.81. The Morgan fingerprint density at radius 2 is 2.15 bits per heavy atom. The standard InChI is InChI=1S/C20H19N5OS/c1-2-8-21-16(4-1)13-24-9-10-26-18(14-24)20-17-7-6-15(12-25(17)23-22-20)19-5-3-11-27-19/h1-8,11-12,18H,9-10,13-14H2/t18-/m1/s1. The molecule has 1 atom stereocenters. The SMILES string of the molecule is c1ccc(CN2CCO[C@@H](c3nnn4cc(-c5cccs5)ccc34)C2)nc1. The zero-order chi connectivity index (χ0) is 18.1. The zero-order valence-corrected chi connectivity index (χ0v) is 15.5. The molecule has 1 saturated heterocycles. The van der Waals surface area contributed by atoms with Crippen molar-refractivity contribution in [2.45, 2.75) is 12.6 Å². The van der Waals surface area contributed by atoms with Crippen LogP contribution in [0.4, 0.5) is 0 Å². The predicted molar refractivity (Wildman–Crippen MR) is 105 cm³/mol. The van der Waals surface area contributed by atoms with Crippen molar-refractivity contribution in [1.82, 2.24) is 24.7 Å². The summed E-state index contributed by atoms with van der Waals surface area (Å²) in [5.74, 6) is 0. The number of pyridine rings is 2. The molecule has 5 heterocycles. The van der Waals surface area contributed by atoms with Gasteiger partial charge < -0.3 is 4.74 Å². The number of hydrogen-bond donors (Lipinski definition) is 0. The first kappa shape index (κ1) is 16.6. The number of rotatable bonds is 4. The average Bonchev–Trinajstić information content (AvgIpc) is 3.38. The molecule has 136 valence electrons. The molecule has 0 aliphatic carbocycles. The van der Waals surface area contributed by atoms with Crippen LogP contribution in [0.1, 0.15) is 17.5 Å². The summed E-state index contributed by atoms with van der Waals surface area (Å²) in [6.45, 7) is 3.19. The fourth-order valence-corrected chi connectivity index (χ4v) is 4.18. The fraction of sp³-hybridized carbons (Fsp3) is 0.250. The van der Waals surface area contributed by atoms with Gasteiger partial charge in [-0.25, -0.2) is 4.52 Å². The van der Waals surface area contributed by atoms with Gasteiger partial charge in [-0.1, -0.05) is 17.3 Å². The molecule has 1 aliphatic rings. The van der Waals surface area contributed by atoms with E-state index in [1.165, 1.54) is 4.88 Å². The molecule has 4 aromatic rings. The number of thiophene rings is 1.